The van der Waals surface area contributed by atoms with Gasteiger partial charge in [-0.2, -0.15) is 0 Å². The number of carbonyl (C=O) groups is 1. The molecule has 1 aliphatic carbocycles. The summed E-state index contributed by atoms with van der Waals surface area (Å²) in [6.45, 7) is 0.0858. The maximum Gasteiger partial charge on any atom is 0.271 e. The third-order valence-electron chi connectivity index (χ3n) is 3.33. The molecule has 108 valence electrons. The van der Waals surface area contributed by atoms with Gasteiger partial charge < -0.3 is 10.4 Å². The second-order valence-corrected chi connectivity index (χ2v) is 5.59. The van der Waals surface area contributed by atoms with Crippen LogP contribution in [0, 0.1) is 10.1 Å². The minimum Gasteiger partial charge on any atom is -0.388 e. The zero-order chi connectivity index (χ0) is 14.9. The van der Waals surface area contributed by atoms with Gasteiger partial charge in [0.05, 0.1) is 26.1 Å². The number of halogens is 2. The fraction of sp³-hybridized carbons (Fsp3) is 0.417. The highest BCUT2D eigenvalue weighted by Crippen LogP contribution is 2.32. The molecule has 0 bridgehead atoms. The van der Waals surface area contributed by atoms with Crippen molar-refractivity contribution >= 4 is 34.8 Å². The Morgan fingerprint density at radius 1 is 1.45 bits per heavy atom. The lowest BCUT2D eigenvalue weighted by Gasteiger charge is -2.36. The molecule has 0 saturated heterocycles. The van der Waals surface area contributed by atoms with Gasteiger partial charge in [0.1, 0.15) is 0 Å². The second kappa shape index (κ2) is 5.55. The number of hydrogen-bond donors (Lipinski definition) is 2. The summed E-state index contributed by atoms with van der Waals surface area (Å²) in [5.74, 6) is -0.596. The fourth-order valence-electron chi connectivity index (χ4n) is 1.95. The van der Waals surface area contributed by atoms with E-state index in [-0.39, 0.29) is 27.8 Å². The Labute approximate surface area is 124 Å². The van der Waals surface area contributed by atoms with E-state index in [0.717, 1.165) is 18.6 Å². The number of amides is 1. The zero-order valence-electron chi connectivity index (χ0n) is 10.4. The Morgan fingerprint density at radius 2 is 2.10 bits per heavy atom. The molecule has 0 unspecified atom stereocenters. The third kappa shape index (κ3) is 3.03. The zero-order valence-corrected chi connectivity index (χ0v) is 11.9. The van der Waals surface area contributed by atoms with E-state index in [4.69, 9.17) is 23.2 Å². The van der Waals surface area contributed by atoms with E-state index in [1.807, 2.05) is 0 Å². The second-order valence-electron chi connectivity index (χ2n) is 4.81. The summed E-state index contributed by atoms with van der Waals surface area (Å²) in [6, 6.07) is 2.15. The van der Waals surface area contributed by atoms with E-state index in [1.165, 1.54) is 0 Å². The van der Waals surface area contributed by atoms with Crippen LogP contribution in [-0.4, -0.2) is 28.1 Å². The number of aliphatic hydroxyl groups is 1. The number of hydrogen-bond acceptors (Lipinski definition) is 4. The molecule has 1 fully saturated rings. The predicted molar refractivity (Wildman–Crippen MR) is 74.3 cm³/mol. The van der Waals surface area contributed by atoms with Crippen LogP contribution in [-0.2, 0) is 0 Å². The molecule has 1 aromatic rings. The Balaban J connectivity index is 2.18. The minimum absolute atomic E-state index is 0.0460. The van der Waals surface area contributed by atoms with Crippen LogP contribution in [0.5, 0.6) is 0 Å². The topological polar surface area (TPSA) is 92.5 Å². The number of nitro benzene ring substituents is 1. The van der Waals surface area contributed by atoms with Crippen molar-refractivity contribution in [2.45, 2.75) is 24.9 Å². The fourth-order valence-corrected chi connectivity index (χ4v) is 2.36. The van der Waals surface area contributed by atoms with Gasteiger partial charge in [-0.1, -0.05) is 23.2 Å². The molecule has 0 aromatic heterocycles. The van der Waals surface area contributed by atoms with Crippen molar-refractivity contribution in [2.24, 2.45) is 0 Å². The van der Waals surface area contributed by atoms with Crippen LogP contribution in [0.1, 0.15) is 29.6 Å². The van der Waals surface area contributed by atoms with Gasteiger partial charge in [0, 0.05) is 18.7 Å². The summed E-state index contributed by atoms with van der Waals surface area (Å²) < 4.78 is 0. The molecule has 0 radical (unpaired) electrons. The first-order valence-corrected chi connectivity index (χ1v) is 6.72. The van der Waals surface area contributed by atoms with Crippen molar-refractivity contribution < 1.29 is 14.8 Å². The van der Waals surface area contributed by atoms with Crippen molar-refractivity contribution in [1.29, 1.82) is 0 Å². The van der Waals surface area contributed by atoms with Crippen molar-refractivity contribution in [3.05, 3.63) is 37.9 Å². The SMILES string of the molecule is O=C(NCC1(O)CCC1)c1cc([N+](=O)[O-])cc(Cl)c1Cl. The summed E-state index contributed by atoms with van der Waals surface area (Å²) in [4.78, 5) is 22.1. The average Bonchev–Trinajstić information content (AvgIpc) is 2.36. The average molecular weight is 319 g/mol. The van der Waals surface area contributed by atoms with Crippen LogP contribution in [0.25, 0.3) is 0 Å². The van der Waals surface area contributed by atoms with Crippen molar-refractivity contribution in [3.63, 3.8) is 0 Å². The number of non-ortho nitro benzene ring substituents is 1. The van der Waals surface area contributed by atoms with Crippen LogP contribution < -0.4 is 5.32 Å². The van der Waals surface area contributed by atoms with Crippen LogP contribution in [0.3, 0.4) is 0 Å². The third-order valence-corrected chi connectivity index (χ3v) is 4.13. The van der Waals surface area contributed by atoms with Gasteiger partial charge in [0.15, 0.2) is 0 Å². The van der Waals surface area contributed by atoms with E-state index in [9.17, 15) is 20.0 Å². The van der Waals surface area contributed by atoms with E-state index in [1.54, 1.807) is 0 Å². The van der Waals surface area contributed by atoms with Gasteiger partial charge in [-0.15, -0.1) is 0 Å². The van der Waals surface area contributed by atoms with E-state index >= 15 is 0 Å². The highest BCUT2D eigenvalue weighted by molar-refractivity contribution is 6.44. The van der Waals surface area contributed by atoms with Gasteiger partial charge in [-0.25, -0.2) is 0 Å². The Kier molecular flexibility index (Phi) is 4.17. The predicted octanol–water partition coefficient (Wildman–Crippen LogP) is 2.55. The molecule has 2 N–H and O–H groups in total. The molecule has 8 heteroatoms. The van der Waals surface area contributed by atoms with E-state index in [2.05, 4.69) is 5.32 Å². The molecular formula is C12H12Cl2N2O4. The molecule has 1 aromatic carbocycles. The lowest BCUT2D eigenvalue weighted by Crippen LogP contribution is -2.47. The Bertz CT molecular complexity index is 573. The number of nitrogens with zero attached hydrogens (tertiary/aromatic N) is 1. The number of nitro groups is 1. The lowest BCUT2D eigenvalue weighted by atomic mass is 9.80. The number of rotatable bonds is 4. The maximum atomic E-state index is 12.0. The summed E-state index contributed by atoms with van der Waals surface area (Å²) in [5, 5.41) is 23.0. The van der Waals surface area contributed by atoms with Gasteiger partial charge in [-0.3, -0.25) is 14.9 Å². The molecule has 0 aliphatic heterocycles. The molecular weight excluding hydrogens is 307 g/mol. The van der Waals surface area contributed by atoms with E-state index in [0.29, 0.717) is 12.8 Å². The number of benzene rings is 1. The molecule has 0 heterocycles. The summed E-state index contributed by atoms with van der Waals surface area (Å²) in [5.41, 5.74) is -1.27. The first kappa shape index (κ1) is 15.0. The monoisotopic (exact) mass is 318 g/mol. The largest absolute Gasteiger partial charge is 0.388 e. The Morgan fingerprint density at radius 3 is 2.60 bits per heavy atom. The van der Waals surface area contributed by atoms with Crippen molar-refractivity contribution in [1.82, 2.24) is 5.32 Å². The molecule has 1 saturated carbocycles. The van der Waals surface area contributed by atoms with Crippen molar-refractivity contribution in [3.8, 4) is 0 Å². The number of nitrogens with one attached hydrogen (secondary N) is 1. The van der Waals surface area contributed by atoms with E-state index < -0.39 is 16.4 Å². The first-order valence-electron chi connectivity index (χ1n) is 5.96. The van der Waals surface area contributed by atoms with Gasteiger partial charge in [0.2, 0.25) is 0 Å². The summed E-state index contributed by atoms with van der Waals surface area (Å²) in [6.07, 6.45) is 2.16. The molecule has 0 atom stereocenters. The summed E-state index contributed by atoms with van der Waals surface area (Å²) in [7, 11) is 0. The summed E-state index contributed by atoms with van der Waals surface area (Å²) >= 11 is 11.7. The number of carbonyl (C=O) groups excluding carboxylic acids is 1. The molecule has 6 nitrogen and oxygen atoms in total. The first-order chi connectivity index (χ1) is 9.32. The lowest BCUT2D eigenvalue weighted by molar-refractivity contribution is -0.384. The van der Waals surface area contributed by atoms with Crippen LogP contribution >= 0.6 is 23.2 Å². The van der Waals surface area contributed by atoms with Gasteiger partial charge >= 0.3 is 0 Å². The Hall–Kier alpha value is -1.37. The smallest absolute Gasteiger partial charge is 0.271 e. The molecule has 20 heavy (non-hydrogen) atoms. The highest BCUT2D eigenvalue weighted by atomic mass is 35.5. The van der Waals surface area contributed by atoms with Gasteiger partial charge in [0.25, 0.3) is 11.6 Å². The molecule has 1 aliphatic rings. The highest BCUT2D eigenvalue weighted by Gasteiger charge is 2.34. The minimum atomic E-state index is -0.882. The van der Waals surface area contributed by atoms with Crippen LogP contribution in [0.15, 0.2) is 12.1 Å². The molecule has 1 amide bonds. The molecule has 2 rings (SSSR count). The normalized spacial score (nSPS) is 16.4. The van der Waals surface area contributed by atoms with Crippen molar-refractivity contribution in [2.75, 3.05) is 6.54 Å². The standard InChI is InChI=1S/C12H12Cl2N2O4/c13-9-5-7(16(19)20)4-8(10(9)14)11(17)15-6-12(18)2-1-3-12/h4-5,18H,1-3,6H2,(H,15,17). The molecule has 0 spiro atoms. The van der Waals surface area contributed by atoms with Gasteiger partial charge in [-0.05, 0) is 19.3 Å². The van der Waals surface area contributed by atoms with Crippen LogP contribution in [0.4, 0.5) is 5.69 Å². The quantitative estimate of drug-likeness (QED) is 0.659. The van der Waals surface area contributed by atoms with Crippen LogP contribution in [0.2, 0.25) is 10.0 Å². The maximum absolute atomic E-state index is 12.0.